The lowest BCUT2D eigenvalue weighted by atomic mass is 9.86. The van der Waals surface area contributed by atoms with Gasteiger partial charge in [-0.1, -0.05) is 12.8 Å². The Kier molecular flexibility index (Phi) is 4.06. The smallest absolute Gasteiger partial charge is 0.0992 e. The molecule has 2 rings (SSSR count). The molecule has 1 aliphatic carbocycles. The van der Waals surface area contributed by atoms with Gasteiger partial charge in [0.05, 0.1) is 29.1 Å². The van der Waals surface area contributed by atoms with E-state index in [1.54, 1.807) is 18.2 Å². The normalized spacial score (nSPS) is 23.3. The zero-order valence-electron chi connectivity index (χ0n) is 10.4. The Morgan fingerprint density at radius 1 is 1.39 bits per heavy atom. The first-order valence-corrected chi connectivity index (χ1v) is 6.42. The van der Waals surface area contributed by atoms with Gasteiger partial charge < -0.3 is 16.2 Å². The van der Waals surface area contributed by atoms with Gasteiger partial charge in [0.2, 0.25) is 0 Å². The second kappa shape index (κ2) is 5.74. The van der Waals surface area contributed by atoms with Crippen LogP contribution in [0.5, 0.6) is 0 Å². The SMILES string of the molecule is N#Cc1ccc(N)c(NCC2CCCCC2O)c1. The Hall–Kier alpha value is -1.73. The van der Waals surface area contributed by atoms with Crippen LogP contribution in [0.1, 0.15) is 31.2 Å². The van der Waals surface area contributed by atoms with Crippen LogP contribution in [0.2, 0.25) is 0 Å². The van der Waals surface area contributed by atoms with Crippen molar-refractivity contribution < 1.29 is 5.11 Å². The number of rotatable bonds is 3. The molecule has 2 atom stereocenters. The molecule has 0 radical (unpaired) electrons. The second-order valence-corrected chi connectivity index (χ2v) is 4.91. The van der Waals surface area contributed by atoms with Crippen LogP contribution in [0.3, 0.4) is 0 Å². The topological polar surface area (TPSA) is 82.1 Å². The predicted molar refractivity (Wildman–Crippen MR) is 72.0 cm³/mol. The third kappa shape index (κ3) is 2.93. The number of hydrogen-bond acceptors (Lipinski definition) is 4. The molecule has 4 heteroatoms. The highest BCUT2D eigenvalue weighted by molar-refractivity contribution is 5.68. The Balaban J connectivity index is 1.99. The van der Waals surface area contributed by atoms with E-state index in [4.69, 9.17) is 11.0 Å². The molecule has 1 saturated carbocycles. The first-order valence-electron chi connectivity index (χ1n) is 6.42. The average molecular weight is 245 g/mol. The lowest BCUT2D eigenvalue weighted by molar-refractivity contribution is 0.0763. The van der Waals surface area contributed by atoms with Gasteiger partial charge in [0.25, 0.3) is 0 Å². The van der Waals surface area contributed by atoms with Crippen molar-refractivity contribution in [3.8, 4) is 6.07 Å². The molecule has 0 aliphatic heterocycles. The zero-order chi connectivity index (χ0) is 13.0. The van der Waals surface area contributed by atoms with Crippen molar-refractivity contribution in [2.24, 2.45) is 5.92 Å². The number of anilines is 2. The molecule has 0 saturated heterocycles. The molecule has 4 N–H and O–H groups in total. The van der Waals surface area contributed by atoms with Gasteiger partial charge in [-0.05, 0) is 31.0 Å². The van der Waals surface area contributed by atoms with Gasteiger partial charge in [0.1, 0.15) is 0 Å². The summed E-state index contributed by atoms with van der Waals surface area (Å²) in [6, 6.07) is 7.29. The monoisotopic (exact) mass is 245 g/mol. The number of aliphatic hydroxyl groups excluding tert-OH is 1. The summed E-state index contributed by atoms with van der Waals surface area (Å²) in [7, 11) is 0. The van der Waals surface area contributed by atoms with E-state index in [0.717, 1.165) is 24.9 Å². The molecule has 0 bridgehead atoms. The minimum Gasteiger partial charge on any atom is -0.397 e. The minimum atomic E-state index is -0.216. The van der Waals surface area contributed by atoms with Gasteiger partial charge in [-0.15, -0.1) is 0 Å². The van der Waals surface area contributed by atoms with Crippen LogP contribution in [-0.2, 0) is 0 Å². The van der Waals surface area contributed by atoms with Gasteiger partial charge in [-0.2, -0.15) is 5.26 Å². The van der Waals surface area contributed by atoms with Crippen molar-refractivity contribution in [3.05, 3.63) is 23.8 Å². The standard InChI is InChI=1S/C14H19N3O/c15-8-10-5-6-12(16)13(7-10)17-9-11-3-1-2-4-14(11)18/h5-7,11,14,17-18H,1-4,9,16H2. The van der Waals surface area contributed by atoms with E-state index in [1.165, 1.54) is 6.42 Å². The van der Waals surface area contributed by atoms with Crippen LogP contribution in [0.25, 0.3) is 0 Å². The largest absolute Gasteiger partial charge is 0.397 e. The van der Waals surface area contributed by atoms with Gasteiger partial charge in [-0.3, -0.25) is 0 Å². The fourth-order valence-corrected chi connectivity index (χ4v) is 2.45. The molecule has 0 spiro atoms. The molecule has 0 heterocycles. The molecular weight excluding hydrogens is 226 g/mol. The summed E-state index contributed by atoms with van der Waals surface area (Å²) in [5, 5.41) is 22.0. The average Bonchev–Trinajstić information content (AvgIpc) is 2.39. The van der Waals surface area contributed by atoms with Crippen LogP contribution in [0, 0.1) is 17.2 Å². The fourth-order valence-electron chi connectivity index (χ4n) is 2.45. The highest BCUT2D eigenvalue weighted by Gasteiger charge is 2.22. The summed E-state index contributed by atoms with van der Waals surface area (Å²) >= 11 is 0. The van der Waals surface area contributed by atoms with Crippen LogP contribution in [-0.4, -0.2) is 17.8 Å². The Morgan fingerprint density at radius 3 is 2.89 bits per heavy atom. The van der Waals surface area contributed by atoms with E-state index in [1.807, 2.05) is 0 Å². The van der Waals surface area contributed by atoms with Crippen LogP contribution < -0.4 is 11.1 Å². The van der Waals surface area contributed by atoms with Gasteiger partial charge >= 0.3 is 0 Å². The molecule has 2 unspecified atom stereocenters. The number of nitriles is 1. The van der Waals surface area contributed by atoms with E-state index in [0.29, 0.717) is 17.8 Å². The third-order valence-corrected chi connectivity index (χ3v) is 3.61. The molecule has 0 amide bonds. The maximum absolute atomic E-state index is 9.89. The molecule has 1 aromatic carbocycles. The highest BCUT2D eigenvalue weighted by atomic mass is 16.3. The van der Waals surface area contributed by atoms with Gasteiger partial charge in [-0.25, -0.2) is 0 Å². The van der Waals surface area contributed by atoms with E-state index < -0.39 is 0 Å². The van der Waals surface area contributed by atoms with Crippen molar-refractivity contribution in [1.29, 1.82) is 5.26 Å². The maximum atomic E-state index is 9.89. The number of hydrogen-bond donors (Lipinski definition) is 3. The van der Waals surface area contributed by atoms with Crippen LogP contribution in [0.15, 0.2) is 18.2 Å². The summed E-state index contributed by atoms with van der Waals surface area (Å²) in [4.78, 5) is 0. The van der Waals surface area contributed by atoms with Crippen molar-refractivity contribution >= 4 is 11.4 Å². The van der Waals surface area contributed by atoms with E-state index in [9.17, 15) is 5.11 Å². The molecule has 0 aromatic heterocycles. The summed E-state index contributed by atoms with van der Waals surface area (Å²) in [5.74, 6) is 0.281. The molecule has 1 fully saturated rings. The van der Waals surface area contributed by atoms with Gasteiger partial charge in [0, 0.05) is 12.5 Å². The molecule has 1 aromatic rings. The minimum absolute atomic E-state index is 0.216. The van der Waals surface area contributed by atoms with E-state index in [-0.39, 0.29) is 12.0 Å². The highest BCUT2D eigenvalue weighted by Crippen LogP contribution is 2.26. The first-order chi connectivity index (χ1) is 8.70. The van der Waals surface area contributed by atoms with Gasteiger partial charge in [0.15, 0.2) is 0 Å². The second-order valence-electron chi connectivity index (χ2n) is 4.91. The number of aliphatic hydroxyl groups is 1. The third-order valence-electron chi connectivity index (χ3n) is 3.61. The first kappa shape index (κ1) is 12.7. The lowest BCUT2D eigenvalue weighted by Gasteiger charge is -2.28. The van der Waals surface area contributed by atoms with Crippen molar-refractivity contribution in [1.82, 2.24) is 0 Å². The van der Waals surface area contributed by atoms with Crippen LogP contribution >= 0.6 is 0 Å². The Bertz CT molecular complexity index is 453. The maximum Gasteiger partial charge on any atom is 0.0992 e. The molecule has 18 heavy (non-hydrogen) atoms. The predicted octanol–water partition coefficient (Wildman–Crippen LogP) is 2.10. The number of nitrogens with two attached hydrogens (primary N) is 1. The summed E-state index contributed by atoms with van der Waals surface area (Å²) in [6.45, 7) is 0.709. The van der Waals surface area contributed by atoms with Crippen molar-refractivity contribution in [2.45, 2.75) is 31.8 Å². The Morgan fingerprint density at radius 2 is 2.17 bits per heavy atom. The molecular formula is C14H19N3O. The zero-order valence-corrected chi connectivity index (χ0v) is 10.4. The van der Waals surface area contributed by atoms with E-state index in [2.05, 4.69) is 11.4 Å². The quantitative estimate of drug-likeness (QED) is 0.712. The lowest BCUT2D eigenvalue weighted by Crippen LogP contribution is -2.30. The summed E-state index contributed by atoms with van der Waals surface area (Å²) in [5.41, 5.74) is 7.88. The Labute approximate surface area is 107 Å². The summed E-state index contributed by atoms with van der Waals surface area (Å²) in [6.07, 6.45) is 4.01. The van der Waals surface area contributed by atoms with E-state index >= 15 is 0 Å². The number of benzene rings is 1. The van der Waals surface area contributed by atoms with Crippen molar-refractivity contribution in [3.63, 3.8) is 0 Å². The molecule has 1 aliphatic rings. The van der Waals surface area contributed by atoms with Crippen molar-refractivity contribution in [2.75, 3.05) is 17.6 Å². The number of nitrogens with zero attached hydrogens (tertiary/aromatic N) is 1. The molecule has 96 valence electrons. The van der Waals surface area contributed by atoms with Crippen LogP contribution in [0.4, 0.5) is 11.4 Å². The molecule has 4 nitrogen and oxygen atoms in total. The summed E-state index contributed by atoms with van der Waals surface area (Å²) < 4.78 is 0. The fraction of sp³-hybridized carbons (Fsp3) is 0.500. The number of nitrogens with one attached hydrogen (secondary N) is 1. The number of nitrogen functional groups attached to an aromatic ring is 1.